The molecular weight excluding hydrogens is 315 g/mol. The molecule has 1 aliphatic rings. The Kier molecular flexibility index (Phi) is 6.99. The van der Waals surface area contributed by atoms with E-state index in [0.29, 0.717) is 0 Å². The smallest absolute Gasteiger partial charge is 0.240 e. The van der Waals surface area contributed by atoms with Gasteiger partial charge in [-0.25, -0.2) is 17.5 Å². The van der Waals surface area contributed by atoms with Gasteiger partial charge >= 0.3 is 0 Å². The Labute approximate surface area is 139 Å². The second kappa shape index (κ2) is 8.76. The van der Waals surface area contributed by atoms with Crippen molar-refractivity contribution in [2.75, 3.05) is 19.6 Å². The Balaban J connectivity index is 1.78. The highest BCUT2D eigenvalue weighted by atomic mass is 32.2. The van der Waals surface area contributed by atoms with Crippen LogP contribution in [0, 0.1) is 5.82 Å². The van der Waals surface area contributed by atoms with E-state index in [1.807, 2.05) is 0 Å². The van der Waals surface area contributed by atoms with Crippen LogP contribution in [0.2, 0.25) is 0 Å². The molecule has 0 unspecified atom stereocenters. The van der Waals surface area contributed by atoms with Gasteiger partial charge in [0.15, 0.2) is 0 Å². The average molecular weight is 342 g/mol. The molecule has 4 nitrogen and oxygen atoms in total. The Morgan fingerprint density at radius 1 is 1.13 bits per heavy atom. The lowest BCUT2D eigenvalue weighted by Gasteiger charge is -2.32. The molecule has 1 fully saturated rings. The molecule has 0 amide bonds. The summed E-state index contributed by atoms with van der Waals surface area (Å²) in [6.07, 6.45) is 6.68. The molecule has 6 heteroatoms. The van der Waals surface area contributed by atoms with E-state index in [1.165, 1.54) is 49.9 Å². The molecule has 130 valence electrons. The number of nitrogens with one attached hydrogen (secondary N) is 1. The van der Waals surface area contributed by atoms with Gasteiger partial charge in [0.25, 0.3) is 0 Å². The fourth-order valence-corrected chi connectivity index (χ4v) is 4.24. The van der Waals surface area contributed by atoms with E-state index in [9.17, 15) is 12.8 Å². The van der Waals surface area contributed by atoms with Gasteiger partial charge in [0.05, 0.1) is 4.90 Å². The van der Waals surface area contributed by atoms with E-state index in [-0.39, 0.29) is 10.9 Å². The van der Waals surface area contributed by atoms with E-state index >= 15 is 0 Å². The molecule has 1 saturated heterocycles. The number of hydrogen-bond acceptors (Lipinski definition) is 3. The lowest BCUT2D eigenvalue weighted by atomic mass is 10.1. The molecule has 2 rings (SSSR count). The predicted molar refractivity (Wildman–Crippen MR) is 90.3 cm³/mol. The lowest BCUT2D eigenvalue weighted by Crippen LogP contribution is -2.44. The van der Waals surface area contributed by atoms with Gasteiger partial charge in [-0.1, -0.05) is 26.2 Å². The van der Waals surface area contributed by atoms with Crippen LogP contribution in [0.1, 0.15) is 45.4 Å². The lowest BCUT2D eigenvalue weighted by molar-refractivity contribution is 0.203. The average Bonchev–Trinajstić information content (AvgIpc) is 2.53. The van der Waals surface area contributed by atoms with Gasteiger partial charge in [-0.2, -0.15) is 0 Å². The zero-order chi connectivity index (χ0) is 16.7. The topological polar surface area (TPSA) is 49.4 Å². The number of unbranched alkanes of at least 4 members (excludes halogenated alkanes) is 3. The Morgan fingerprint density at radius 2 is 1.78 bits per heavy atom. The Bertz CT molecular complexity index is 567. The highest BCUT2D eigenvalue weighted by molar-refractivity contribution is 7.89. The summed E-state index contributed by atoms with van der Waals surface area (Å²) in [6.45, 7) is 5.18. The number of nitrogens with zero attached hydrogens (tertiary/aromatic N) is 1. The Morgan fingerprint density at radius 3 is 2.39 bits per heavy atom. The first-order valence-electron chi connectivity index (χ1n) is 8.51. The van der Waals surface area contributed by atoms with Crippen LogP contribution in [0.5, 0.6) is 0 Å². The SMILES string of the molecule is CCCCCCN1CCC(NS(=O)(=O)c2ccc(F)cc2)CC1. The summed E-state index contributed by atoms with van der Waals surface area (Å²) < 4.78 is 40.2. The first kappa shape index (κ1) is 18.4. The van der Waals surface area contributed by atoms with Crippen LogP contribution in [0.4, 0.5) is 4.39 Å². The second-order valence-corrected chi connectivity index (χ2v) is 7.97. The molecule has 1 heterocycles. The molecule has 1 aliphatic heterocycles. The molecule has 1 N–H and O–H groups in total. The van der Waals surface area contributed by atoms with Crippen LogP contribution >= 0.6 is 0 Å². The maximum atomic E-state index is 12.9. The van der Waals surface area contributed by atoms with Crippen molar-refractivity contribution in [1.29, 1.82) is 0 Å². The third-order valence-electron chi connectivity index (χ3n) is 4.36. The van der Waals surface area contributed by atoms with Crippen molar-refractivity contribution in [3.8, 4) is 0 Å². The number of piperidine rings is 1. The quantitative estimate of drug-likeness (QED) is 0.738. The van der Waals surface area contributed by atoms with Crippen molar-refractivity contribution in [2.45, 2.75) is 56.4 Å². The van der Waals surface area contributed by atoms with Crippen molar-refractivity contribution in [2.24, 2.45) is 0 Å². The summed E-state index contributed by atoms with van der Waals surface area (Å²) in [5, 5.41) is 0. The van der Waals surface area contributed by atoms with Crippen LogP contribution in [0.3, 0.4) is 0 Å². The molecule has 0 spiro atoms. The summed E-state index contributed by atoms with van der Waals surface area (Å²) in [5.74, 6) is -0.430. The van der Waals surface area contributed by atoms with Crippen LogP contribution in [-0.2, 0) is 10.0 Å². The highest BCUT2D eigenvalue weighted by Gasteiger charge is 2.24. The fourth-order valence-electron chi connectivity index (χ4n) is 2.94. The first-order valence-corrected chi connectivity index (χ1v) is 10.00. The number of benzene rings is 1. The maximum Gasteiger partial charge on any atom is 0.240 e. The summed E-state index contributed by atoms with van der Waals surface area (Å²) in [7, 11) is -3.55. The summed E-state index contributed by atoms with van der Waals surface area (Å²) in [4.78, 5) is 2.54. The number of hydrogen-bond donors (Lipinski definition) is 1. The van der Waals surface area contributed by atoms with Gasteiger partial charge in [-0.3, -0.25) is 0 Å². The molecule has 0 atom stereocenters. The minimum Gasteiger partial charge on any atom is -0.303 e. The van der Waals surface area contributed by atoms with E-state index in [4.69, 9.17) is 0 Å². The molecule has 0 aromatic heterocycles. The maximum absolute atomic E-state index is 12.9. The van der Waals surface area contributed by atoms with Gasteiger partial charge in [0.1, 0.15) is 5.82 Å². The Hall–Kier alpha value is -0.980. The molecule has 0 saturated carbocycles. The van der Waals surface area contributed by atoms with Gasteiger partial charge < -0.3 is 4.90 Å². The van der Waals surface area contributed by atoms with E-state index < -0.39 is 15.8 Å². The van der Waals surface area contributed by atoms with Gasteiger partial charge in [0, 0.05) is 6.04 Å². The molecule has 0 bridgehead atoms. The van der Waals surface area contributed by atoms with Crippen LogP contribution in [-0.4, -0.2) is 39.0 Å². The zero-order valence-electron chi connectivity index (χ0n) is 13.8. The number of halogens is 1. The van der Waals surface area contributed by atoms with Gasteiger partial charge in [-0.15, -0.1) is 0 Å². The second-order valence-electron chi connectivity index (χ2n) is 6.25. The predicted octanol–water partition coefficient (Wildman–Crippen LogP) is 3.15. The first-order chi connectivity index (χ1) is 11.0. The standard InChI is InChI=1S/C17H27FN2O2S/c1-2-3-4-5-12-20-13-10-16(11-14-20)19-23(21,22)17-8-6-15(18)7-9-17/h6-9,16,19H,2-5,10-14H2,1H3. The van der Waals surface area contributed by atoms with E-state index in [1.54, 1.807) is 0 Å². The van der Waals surface area contributed by atoms with Crippen molar-refractivity contribution in [3.63, 3.8) is 0 Å². The van der Waals surface area contributed by atoms with Crippen molar-refractivity contribution >= 4 is 10.0 Å². The molecule has 0 radical (unpaired) electrons. The normalized spacial score (nSPS) is 17.5. The van der Waals surface area contributed by atoms with Crippen molar-refractivity contribution in [1.82, 2.24) is 9.62 Å². The molecule has 23 heavy (non-hydrogen) atoms. The highest BCUT2D eigenvalue weighted by Crippen LogP contribution is 2.16. The van der Waals surface area contributed by atoms with Crippen molar-refractivity contribution < 1.29 is 12.8 Å². The zero-order valence-corrected chi connectivity index (χ0v) is 14.6. The third-order valence-corrected chi connectivity index (χ3v) is 5.90. The third kappa shape index (κ3) is 5.86. The number of rotatable bonds is 8. The van der Waals surface area contributed by atoms with E-state index in [2.05, 4.69) is 16.5 Å². The van der Waals surface area contributed by atoms with Gasteiger partial charge in [-0.05, 0) is 63.2 Å². The minimum absolute atomic E-state index is 0.0306. The van der Waals surface area contributed by atoms with Crippen LogP contribution < -0.4 is 4.72 Å². The van der Waals surface area contributed by atoms with Gasteiger partial charge in [0.2, 0.25) is 10.0 Å². The summed E-state index contributed by atoms with van der Waals surface area (Å²) in [5.41, 5.74) is 0. The van der Waals surface area contributed by atoms with Crippen LogP contribution in [0.15, 0.2) is 29.2 Å². The molecule has 1 aromatic rings. The van der Waals surface area contributed by atoms with E-state index in [0.717, 1.165) is 32.5 Å². The van der Waals surface area contributed by atoms with Crippen LogP contribution in [0.25, 0.3) is 0 Å². The molecule has 0 aliphatic carbocycles. The number of likely N-dealkylation sites (tertiary alicyclic amines) is 1. The monoisotopic (exact) mass is 342 g/mol. The number of sulfonamides is 1. The largest absolute Gasteiger partial charge is 0.303 e. The summed E-state index contributed by atoms with van der Waals surface area (Å²) >= 11 is 0. The van der Waals surface area contributed by atoms with Crippen molar-refractivity contribution in [3.05, 3.63) is 30.1 Å². The minimum atomic E-state index is -3.55. The molecule has 1 aromatic carbocycles. The summed E-state index contributed by atoms with van der Waals surface area (Å²) in [6, 6.07) is 4.93. The molecular formula is C17H27FN2O2S. The fraction of sp³-hybridized carbons (Fsp3) is 0.647.